The fourth-order valence-electron chi connectivity index (χ4n) is 3.40. The van der Waals surface area contributed by atoms with Gasteiger partial charge in [0.05, 0.1) is 0 Å². The van der Waals surface area contributed by atoms with Gasteiger partial charge < -0.3 is 10.1 Å². The normalized spacial score (nSPS) is 30.4. The number of esters is 1. The van der Waals surface area contributed by atoms with E-state index in [9.17, 15) is 9.59 Å². The molecule has 1 amide bonds. The van der Waals surface area contributed by atoms with Crippen LogP contribution < -0.4 is 5.32 Å². The van der Waals surface area contributed by atoms with E-state index in [1.54, 1.807) is 0 Å². The molecule has 1 aliphatic carbocycles. The maximum Gasteiger partial charge on any atom is 0.306 e. The van der Waals surface area contributed by atoms with Crippen molar-refractivity contribution in [1.29, 1.82) is 0 Å². The Labute approximate surface area is 121 Å². The van der Waals surface area contributed by atoms with Gasteiger partial charge in [0.2, 0.25) is 5.91 Å². The third-order valence-corrected chi connectivity index (χ3v) is 4.54. The summed E-state index contributed by atoms with van der Waals surface area (Å²) in [6.07, 6.45) is 6.65. The molecule has 0 aromatic rings. The van der Waals surface area contributed by atoms with E-state index in [0.717, 1.165) is 38.6 Å². The average Bonchev–Trinajstić information content (AvgIpc) is 2.68. The van der Waals surface area contributed by atoms with Gasteiger partial charge in [-0.25, -0.2) is 0 Å². The molecular formula is C16H27NO3. The highest BCUT2D eigenvalue weighted by molar-refractivity contribution is 5.79. The molecule has 0 radical (unpaired) electrons. The molecule has 0 bridgehead atoms. The lowest BCUT2D eigenvalue weighted by Crippen LogP contribution is -2.30. The van der Waals surface area contributed by atoms with E-state index in [1.165, 1.54) is 0 Å². The molecule has 4 heteroatoms. The predicted octanol–water partition coefficient (Wildman–Crippen LogP) is 2.80. The zero-order valence-corrected chi connectivity index (χ0v) is 13.0. The molecule has 4 nitrogen and oxygen atoms in total. The Balaban J connectivity index is 1.70. The first-order chi connectivity index (χ1) is 9.28. The molecule has 0 unspecified atom stereocenters. The van der Waals surface area contributed by atoms with Crippen LogP contribution in [0.25, 0.3) is 0 Å². The largest absolute Gasteiger partial charge is 0.460 e. The molecule has 1 spiro atoms. The van der Waals surface area contributed by atoms with Crippen LogP contribution in [0, 0.1) is 11.3 Å². The highest BCUT2D eigenvalue weighted by Gasteiger charge is 2.41. The summed E-state index contributed by atoms with van der Waals surface area (Å²) in [6, 6.07) is 0. The Bertz CT molecular complexity index is 376. The Morgan fingerprint density at radius 3 is 2.50 bits per heavy atom. The maximum atomic E-state index is 11.7. The Kier molecular flexibility index (Phi) is 4.40. The van der Waals surface area contributed by atoms with E-state index < -0.39 is 0 Å². The number of nitrogens with one attached hydrogen (secondary N) is 1. The SMILES string of the molecule is CC(C)(C)OC(=O)CCC1CCC2(CC1)CNC(=O)C2. The third-order valence-electron chi connectivity index (χ3n) is 4.54. The Morgan fingerprint density at radius 1 is 1.35 bits per heavy atom. The van der Waals surface area contributed by atoms with Gasteiger partial charge in [-0.3, -0.25) is 9.59 Å². The van der Waals surface area contributed by atoms with Crippen molar-refractivity contribution in [1.82, 2.24) is 5.32 Å². The number of amides is 1. The Hall–Kier alpha value is -1.06. The quantitative estimate of drug-likeness (QED) is 0.809. The zero-order valence-electron chi connectivity index (χ0n) is 13.0. The van der Waals surface area contributed by atoms with E-state index in [1.807, 2.05) is 20.8 Å². The lowest BCUT2D eigenvalue weighted by Gasteiger charge is -2.35. The number of carbonyl (C=O) groups excluding carboxylic acids is 2. The van der Waals surface area contributed by atoms with Gasteiger partial charge in [0, 0.05) is 19.4 Å². The molecule has 1 N–H and O–H groups in total. The van der Waals surface area contributed by atoms with E-state index >= 15 is 0 Å². The lowest BCUT2D eigenvalue weighted by molar-refractivity contribution is -0.155. The van der Waals surface area contributed by atoms with Crippen molar-refractivity contribution in [3.63, 3.8) is 0 Å². The van der Waals surface area contributed by atoms with E-state index in [0.29, 0.717) is 18.8 Å². The highest BCUT2D eigenvalue weighted by Crippen LogP contribution is 2.44. The molecular weight excluding hydrogens is 254 g/mol. The van der Waals surface area contributed by atoms with Crippen molar-refractivity contribution in [2.45, 2.75) is 71.3 Å². The second-order valence-corrected chi connectivity index (χ2v) is 7.52. The minimum absolute atomic E-state index is 0.0875. The minimum atomic E-state index is -0.385. The smallest absolute Gasteiger partial charge is 0.306 e. The summed E-state index contributed by atoms with van der Waals surface area (Å²) in [4.78, 5) is 23.1. The van der Waals surface area contributed by atoms with Gasteiger partial charge in [0.1, 0.15) is 5.60 Å². The van der Waals surface area contributed by atoms with E-state index in [4.69, 9.17) is 4.74 Å². The summed E-state index contributed by atoms with van der Waals surface area (Å²) < 4.78 is 5.34. The van der Waals surface area contributed by atoms with Gasteiger partial charge in [0.25, 0.3) is 0 Å². The van der Waals surface area contributed by atoms with Crippen LogP contribution in [0.1, 0.15) is 65.7 Å². The molecule has 20 heavy (non-hydrogen) atoms. The molecule has 1 saturated heterocycles. The number of rotatable bonds is 3. The molecule has 2 rings (SSSR count). The predicted molar refractivity (Wildman–Crippen MR) is 77.1 cm³/mol. The van der Waals surface area contributed by atoms with Gasteiger partial charge >= 0.3 is 5.97 Å². The maximum absolute atomic E-state index is 11.7. The number of carbonyl (C=O) groups is 2. The minimum Gasteiger partial charge on any atom is -0.460 e. The van der Waals surface area contributed by atoms with Gasteiger partial charge in [-0.15, -0.1) is 0 Å². The molecule has 1 aliphatic heterocycles. The Morgan fingerprint density at radius 2 is 2.00 bits per heavy atom. The van der Waals surface area contributed by atoms with Crippen LogP contribution in [-0.4, -0.2) is 24.0 Å². The number of hydrogen-bond donors (Lipinski definition) is 1. The van der Waals surface area contributed by atoms with Crippen LogP contribution in [0.15, 0.2) is 0 Å². The van der Waals surface area contributed by atoms with Crippen LogP contribution in [0.5, 0.6) is 0 Å². The third kappa shape index (κ3) is 4.22. The number of ether oxygens (including phenoxy) is 1. The number of hydrogen-bond acceptors (Lipinski definition) is 3. The van der Waals surface area contributed by atoms with Gasteiger partial charge in [-0.1, -0.05) is 0 Å². The lowest BCUT2D eigenvalue weighted by atomic mass is 9.69. The first-order valence-electron chi connectivity index (χ1n) is 7.77. The summed E-state index contributed by atoms with van der Waals surface area (Å²) >= 11 is 0. The summed E-state index contributed by atoms with van der Waals surface area (Å²) in [5, 5.41) is 2.96. The van der Waals surface area contributed by atoms with Crippen molar-refractivity contribution in [2.24, 2.45) is 11.3 Å². The van der Waals surface area contributed by atoms with Crippen LogP contribution in [-0.2, 0) is 14.3 Å². The summed E-state index contributed by atoms with van der Waals surface area (Å²) in [5.41, 5.74) is -0.164. The van der Waals surface area contributed by atoms with Crippen molar-refractivity contribution in [3.05, 3.63) is 0 Å². The van der Waals surface area contributed by atoms with E-state index in [2.05, 4.69) is 5.32 Å². The topological polar surface area (TPSA) is 55.4 Å². The first-order valence-corrected chi connectivity index (χ1v) is 7.77. The highest BCUT2D eigenvalue weighted by atomic mass is 16.6. The molecule has 1 heterocycles. The standard InChI is InChI=1S/C16H27NO3/c1-15(2,3)20-14(19)5-4-12-6-8-16(9-7-12)10-13(18)17-11-16/h12H,4-11H2,1-3H3,(H,17,18). The fraction of sp³-hybridized carbons (Fsp3) is 0.875. The van der Waals surface area contributed by atoms with Gasteiger partial charge in [-0.05, 0) is 64.2 Å². The zero-order chi connectivity index (χ0) is 14.8. The monoisotopic (exact) mass is 281 g/mol. The van der Waals surface area contributed by atoms with Crippen molar-refractivity contribution < 1.29 is 14.3 Å². The van der Waals surface area contributed by atoms with Gasteiger partial charge in [0.15, 0.2) is 0 Å². The van der Waals surface area contributed by atoms with Crippen molar-refractivity contribution in [3.8, 4) is 0 Å². The molecule has 0 atom stereocenters. The molecule has 1 saturated carbocycles. The van der Waals surface area contributed by atoms with Crippen molar-refractivity contribution in [2.75, 3.05) is 6.54 Å². The molecule has 2 fully saturated rings. The average molecular weight is 281 g/mol. The van der Waals surface area contributed by atoms with Crippen LogP contribution in [0.3, 0.4) is 0 Å². The molecule has 2 aliphatic rings. The summed E-state index contributed by atoms with van der Waals surface area (Å²) in [6.45, 7) is 6.56. The van der Waals surface area contributed by atoms with Crippen molar-refractivity contribution >= 4 is 11.9 Å². The van der Waals surface area contributed by atoms with E-state index in [-0.39, 0.29) is 22.9 Å². The summed E-state index contributed by atoms with van der Waals surface area (Å²) in [7, 11) is 0. The molecule has 114 valence electrons. The van der Waals surface area contributed by atoms with Crippen LogP contribution in [0.4, 0.5) is 0 Å². The van der Waals surface area contributed by atoms with Crippen LogP contribution >= 0.6 is 0 Å². The summed E-state index contributed by atoms with van der Waals surface area (Å²) in [5.74, 6) is 0.733. The van der Waals surface area contributed by atoms with Gasteiger partial charge in [-0.2, -0.15) is 0 Å². The molecule has 0 aromatic heterocycles. The first kappa shape index (κ1) is 15.3. The second-order valence-electron chi connectivity index (χ2n) is 7.52. The fourth-order valence-corrected chi connectivity index (χ4v) is 3.40. The van der Waals surface area contributed by atoms with Crippen LogP contribution in [0.2, 0.25) is 0 Å². The second kappa shape index (κ2) is 5.74. The molecule has 0 aromatic carbocycles.